The average molecular weight is 414 g/mol. The zero-order valence-electron chi connectivity index (χ0n) is 15.1. The summed E-state index contributed by atoms with van der Waals surface area (Å²) < 4.78 is 50.8. The van der Waals surface area contributed by atoms with Gasteiger partial charge in [-0.15, -0.1) is 0 Å². The van der Waals surface area contributed by atoms with Crippen LogP contribution >= 0.6 is 0 Å². The number of Topliss-reactive ketones (excluding diaryl/α,β-unsaturated/α-hetero) is 1. The van der Waals surface area contributed by atoms with Gasteiger partial charge in [0.05, 0.1) is 6.42 Å². The van der Waals surface area contributed by atoms with Gasteiger partial charge in [0.2, 0.25) is 29.6 Å². The molecule has 1 aromatic rings. The molecule has 2 heterocycles. The van der Waals surface area contributed by atoms with Crippen molar-refractivity contribution in [3.05, 3.63) is 23.5 Å². The zero-order chi connectivity index (χ0) is 21.1. The minimum absolute atomic E-state index is 0.190. The third-order valence-corrected chi connectivity index (χ3v) is 4.79. The van der Waals surface area contributed by atoms with Crippen LogP contribution in [0.25, 0.3) is 0 Å². The molecule has 2 aliphatic heterocycles. The van der Waals surface area contributed by atoms with Gasteiger partial charge in [-0.1, -0.05) is 0 Å². The van der Waals surface area contributed by atoms with E-state index in [0.29, 0.717) is 32.3 Å². The molecule has 3 rings (SSSR count). The van der Waals surface area contributed by atoms with Crippen LogP contribution in [0.5, 0.6) is 11.5 Å². The monoisotopic (exact) mass is 414 g/mol. The summed E-state index contributed by atoms with van der Waals surface area (Å²) in [6, 6.07) is -1.15. The van der Waals surface area contributed by atoms with Crippen LogP contribution in [0.3, 0.4) is 0 Å². The van der Waals surface area contributed by atoms with Gasteiger partial charge in [0.15, 0.2) is 17.4 Å². The molecule has 1 unspecified atom stereocenters. The molecule has 1 N–H and O–H groups in total. The third kappa shape index (κ3) is 4.49. The zero-order valence-corrected chi connectivity index (χ0v) is 15.1. The van der Waals surface area contributed by atoms with Crippen LogP contribution in [0.15, 0.2) is 6.07 Å². The summed E-state index contributed by atoms with van der Waals surface area (Å²) in [5, 5.41) is 2.43. The number of esters is 1. The number of ketones is 1. The number of rotatable bonds is 3. The Kier molecular flexibility index (Phi) is 6.04. The number of amides is 2. The Bertz CT molecular complexity index is 854. The number of carbonyl (C=O) groups excluding carboxylic acids is 4. The lowest BCUT2D eigenvalue weighted by Crippen LogP contribution is -2.48. The Balaban J connectivity index is 1.73. The Hall–Kier alpha value is -3.11. The minimum Gasteiger partial charge on any atom is -0.479 e. The topological polar surface area (TPSA) is 102 Å². The summed E-state index contributed by atoms with van der Waals surface area (Å²) in [7, 11) is 0. The fourth-order valence-corrected chi connectivity index (χ4v) is 3.15. The molecular formula is C18H17F3N2O6. The maximum atomic E-state index is 13.9. The van der Waals surface area contributed by atoms with E-state index in [1.165, 1.54) is 4.90 Å². The van der Waals surface area contributed by atoms with Crippen LogP contribution < -0.4 is 14.8 Å². The Labute approximate surface area is 162 Å². The number of carbonyl (C=O) groups is 4. The summed E-state index contributed by atoms with van der Waals surface area (Å²) in [4.78, 5) is 49.1. The van der Waals surface area contributed by atoms with E-state index in [4.69, 9.17) is 9.47 Å². The predicted octanol–water partition coefficient (Wildman–Crippen LogP) is 0.714. The highest BCUT2D eigenvalue weighted by molar-refractivity contribution is 5.94. The molecule has 0 saturated carbocycles. The largest absolute Gasteiger partial charge is 0.479 e. The van der Waals surface area contributed by atoms with E-state index in [0.717, 1.165) is 0 Å². The average Bonchev–Trinajstić information content (AvgIpc) is 2.76. The van der Waals surface area contributed by atoms with Gasteiger partial charge in [-0.2, -0.15) is 4.39 Å². The van der Waals surface area contributed by atoms with Gasteiger partial charge in [0.1, 0.15) is 12.6 Å². The summed E-state index contributed by atoms with van der Waals surface area (Å²) in [5.74, 6) is -9.43. The molecule has 11 heteroatoms. The molecule has 0 aliphatic carbocycles. The first-order chi connectivity index (χ1) is 13.8. The highest BCUT2D eigenvalue weighted by atomic mass is 19.2. The van der Waals surface area contributed by atoms with Crippen molar-refractivity contribution in [1.29, 1.82) is 0 Å². The number of benzene rings is 1. The van der Waals surface area contributed by atoms with E-state index in [9.17, 15) is 32.3 Å². The van der Waals surface area contributed by atoms with Gasteiger partial charge < -0.3 is 19.7 Å². The molecule has 0 aromatic heterocycles. The van der Waals surface area contributed by atoms with Crippen LogP contribution in [-0.2, 0) is 19.2 Å². The van der Waals surface area contributed by atoms with Gasteiger partial charge >= 0.3 is 5.97 Å². The highest BCUT2D eigenvalue weighted by Crippen LogP contribution is 2.36. The minimum atomic E-state index is -1.61. The quantitative estimate of drug-likeness (QED) is 0.338. The first-order valence-electron chi connectivity index (χ1n) is 8.83. The maximum Gasteiger partial charge on any atom is 0.313 e. The Morgan fingerprint density at radius 3 is 2.48 bits per heavy atom. The molecule has 1 saturated heterocycles. The number of hydrogen-bond acceptors (Lipinski definition) is 6. The standard InChI is InChI=1S/C18H17F3N2O6/c19-10-5-11(20)16-17(15(10)21)28-7-13(25)12(6-14(26)29-16)22-18(27)9-1-3-23(8-24)4-2-9/h5,8-9,12H,1-4,6-7H2,(H,22,27). The molecule has 0 radical (unpaired) electrons. The van der Waals surface area contributed by atoms with Crippen molar-refractivity contribution >= 4 is 24.1 Å². The van der Waals surface area contributed by atoms with Crippen molar-refractivity contribution in [1.82, 2.24) is 10.2 Å². The smallest absolute Gasteiger partial charge is 0.313 e. The molecule has 8 nitrogen and oxygen atoms in total. The molecule has 156 valence electrons. The molecule has 2 amide bonds. The molecule has 29 heavy (non-hydrogen) atoms. The summed E-state index contributed by atoms with van der Waals surface area (Å²) in [6.45, 7) is -0.0758. The van der Waals surface area contributed by atoms with E-state index in [-0.39, 0.29) is 6.07 Å². The van der Waals surface area contributed by atoms with Crippen molar-refractivity contribution < 1.29 is 41.8 Å². The van der Waals surface area contributed by atoms with E-state index >= 15 is 0 Å². The van der Waals surface area contributed by atoms with Crippen molar-refractivity contribution in [2.24, 2.45) is 5.92 Å². The molecular weight excluding hydrogens is 397 g/mol. The van der Waals surface area contributed by atoms with Crippen molar-refractivity contribution in [3.63, 3.8) is 0 Å². The van der Waals surface area contributed by atoms with Gasteiger partial charge in [-0.05, 0) is 12.8 Å². The van der Waals surface area contributed by atoms with Gasteiger partial charge in [-0.3, -0.25) is 19.2 Å². The molecule has 2 aliphatic rings. The molecule has 0 spiro atoms. The van der Waals surface area contributed by atoms with Crippen LogP contribution in [0.2, 0.25) is 0 Å². The number of nitrogens with one attached hydrogen (secondary N) is 1. The Morgan fingerprint density at radius 1 is 1.14 bits per heavy atom. The number of nitrogens with zero attached hydrogens (tertiary/aromatic N) is 1. The molecule has 0 bridgehead atoms. The number of halogens is 3. The maximum absolute atomic E-state index is 13.9. The van der Waals surface area contributed by atoms with Crippen molar-refractivity contribution in [3.8, 4) is 11.5 Å². The van der Waals surface area contributed by atoms with Crippen LogP contribution in [-0.4, -0.2) is 54.7 Å². The summed E-state index contributed by atoms with van der Waals surface area (Å²) in [6.07, 6.45) is 0.808. The fourth-order valence-electron chi connectivity index (χ4n) is 3.15. The third-order valence-electron chi connectivity index (χ3n) is 4.79. The van der Waals surface area contributed by atoms with Gasteiger partial charge in [0.25, 0.3) is 0 Å². The Morgan fingerprint density at radius 2 is 1.83 bits per heavy atom. The predicted molar refractivity (Wildman–Crippen MR) is 89.4 cm³/mol. The lowest BCUT2D eigenvalue weighted by Gasteiger charge is -2.29. The van der Waals surface area contributed by atoms with E-state index in [1.807, 2.05) is 0 Å². The molecule has 1 fully saturated rings. The number of fused-ring (bicyclic) bond motifs is 1. The highest BCUT2D eigenvalue weighted by Gasteiger charge is 2.33. The fraction of sp³-hybridized carbons (Fsp3) is 0.444. The summed E-state index contributed by atoms with van der Waals surface area (Å²) in [5.41, 5.74) is 0. The normalized spacial score (nSPS) is 20.5. The molecule has 1 atom stereocenters. The first-order valence-corrected chi connectivity index (χ1v) is 8.83. The van der Waals surface area contributed by atoms with Crippen LogP contribution in [0.1, 0.15) is 19.3 Å². The van der Waals surface area contributed by atoms with Crippen molar-refractivity contribution in [2.75, 3.05) is 19.7 Å². The van der Waals surface area contributed by atoms with Gasteiger partial charge in [0, 0.05) is 25.1 Å². The lowest BCUT2D eigenvalue weighted by molar-refractivity contribution is -0.138. The van der Waals surface area contributed by atoms with Crippen LogP contribution in [0.4, 0.5) is 13.2 Å². The lowest BCUT2D eigenvalue weighted by atomic mass is 9.95. The summed E-state index contributed by atoms with van der Waals surface area (Å²) >= 11 is 0. The van der Waals surface area contributed by atoms with Gasteiger partial charge in [-0.25, -0.2) is 8.78 Å². The number of ether oxygens (including phenoxy) is 2. The number of hydrogen-bond donors (Lipinski definition) is 1. The number of likely N-dealkylation sites (tertiary alicyclic amines) is 1. The second-order valence-electron chi connectivity index (χ2n) is 6.72. The van der Waals surface area contributed by atoms with Crippen molar-refractivity contribution in [2.45, 2.75) is 25.3 Å². The first kappa shape index (κ1) is 20.6. The van der Waals surface area contributed by atoms with E-state index in [2.05, 4.69) is 5.32 Å². The second-order valence-corrected chi connectivity index (χ2v) is 6.72. The number of piperidine rings is 1. The molecule has 1 aromatic carbocycles. The van der Waals surface area contributed by atoms with E-state index < -0.39 is 71.6 Å². The van der Waals surface area contributed by atoms with E-state index in [1.54, 1.807) is 0 Å². The second kappa shape index (κ2) is 8.50. The SMILES string of the molecule is O=CN1CCC(C(=O)NC2CC(=O)Oc3c(F)cc(F)c(F)c3OCC2=O)CC1. The van der Waals surface area contributed by atoms with Crippen LogP contribution in [0, 0.1) is 23.4 Å².